The first-order valence-corrected chi connectivity index (χ1v) is 8.73. The Morgan fingerprint density at radius 3 is 2.19 bits per heavy atom. The molecule has 3 aromatic rings. The van der Waals surface area contributed by atoms with Crippen LogP contribution in [-0.2, 0) is 0 Å². The van der Waals surface area contributed by atoms with E-state index in [2.05, 4.69) is 5.32 Å². The molecule has 0 fully saturated rings. The van der Waals surface area contributed by atoms with Gasteiger partial charge in [-0.15, -0.1) is 0 Å². The Balaban J connectivity index is 2.19. The van der Waals surface area contributed by atoms with E-state index in [9.17, 15) is 9.18 Å². The van der Waals surface area contributed by atoms with Gasteiger partial charge in [0.1, 0.15) is 5.82 Å². The summed E-state index contributed by atoms with van der Waals surface area (Å²) >= 11 is 0. The van der Waals surface area contributed by atoms with Crippen molar-refractivity contribution >= 4 is 5.91 Å². The molecule has 0 saturated carbocycles. The van der Waals surface area contributed by atoms with Gasteiger partial charge in [-0.05, 0) is 75.7 Å². The summed E-state index contributed by atoms with van der Waals surface area (Å²) in [4.78, 5) is 12.6. The standard InChI is InChI=1S/C22H23FN2O/c1-14(2)24-22(26)20-13-21(17-7-9-18(23)10-8-17)25(16(20)4)19-11-5-15(3)6-12-19/h5-14H,1-4H3,(H,24,26). The number of aryl methyl sites for hydroxylation is 1. The zero-order valence-corrected chi connectivity index (χ0v) is 15.5. The van der Waals surface area contributed by atoms with Gasteiger partial charge in [0.2, 0.25) is 0 Å². The summed E-state index contributed by atoms with van der Waals surface area (Å²) in [5.41, 5.74) is 5.33. The van der Waals surface area contributed by atoms with Crippen LogP contribution in [0.25, 0.3) is 16.9 Å². The van der Waals surface area contributed by atoms with E-state index in [1.165, 1.54) is 17.7 Å². The smallest absolute Gasteiger partial charge is 0.253 e. The Labute approximate surface area is 153 Å². The van der Waals surface area contributed by atoms with Gasteiger partial charge >= 0.3 is 0 Å². The Morgan fingerprint density at radius 2 is 1.62 bits per heavy atom. The molecule has 2 aromatic carbocycles. The third kappa shape index (κ3) is 3.54. The Bertz CT molecular complexity index is 922. The number of hydrogen-bond donors (Lipinski definition) is 1. The molecule has 1 aromatic heterocycles. The van der Waals surface area contributed by atoms with Gasteiger partial charge in [0, 0.05) is 17.4 Å². The van der Waals surface area contributed by atoms with Gasteiger partial charge in [0.15, 0.2) is 0 Å². The zero-order chi connectivity index (χ0) is 18.8. The largest absolute Gasteiger partial charge is 0.350 e. The zero-order valence-electron chi connectivity index (χ0n) is 15.5. The van der Waals surface area contributed by atoms with Crippen molar-refractivity contribution in [1.29, 1.82) is 0 Å². The van der Waals surface area contributed by atoms with Crippen molar-refractivity contribution in [2.75, 3.05) is 0 Å². The molecular weight excluding hydrogens is 327 g/mol. The number of carbonyl (C=O) groups excluding carboxylic acids is 1. The number of benzene rings is 2. The van der Waals surface area contributed by atoms with Gasteiger partial charge in [0.05, 0.1) is 11.3 Å². The minimum absolute atomic E-state index is 0.0545. The summed E-state index contributed by atoms with van der Waals surface area (Å²) in [6.07, 6.45) is 0. The molecule has 1 amide bonds. The van der Waals surface area contributed by atoms with Gasteiger partial charge in [-0.3, -0.25) is 4.79 Å². The first-order chi connectivity index (χ1) is 12.4. The maximum absolute atomic E-state index is 13.4. The molecule has 0 aliphatic carbocycles. The summed E-state index contributed by atoms with van der Waals surface area (Å²) in [6.45, 7) is 7.84. The average Bonchev–Trinajstić information content (AvgIpc) is 2.93. The number of aromatic nitrogens is 1. The van der Waals surface area contributed by atoms with Crippen molar-refractivity contribution in [3.05, 3.63) is 77.2 Å². The monoisotopic (exact) mass is 350 g/mol. The second kappa shape index (κ2) is 7.16. The van der Waals surface area contributed by atoms with Crippen molar-refractivity contribution in [1.82, 2.24) is 9.88 Å². The third-order valence-electron chi connectivity index (χ3n) is 4.34. The fraction of sp³-hybridized carbons (Fsp3) is 0.227. The summed E-state index contributed by atoms with van der Waals surface area (Å²) in [7, 11) is 0. The molecule has 26 heavy (non-hydrogen) atoms. The first-order valence-electron chi connectivity index (χ1n) is 8.73. The number of amides is 1. The molecular formula is C22H23FN2O. The minimum atomic E-state index is -0.281. The molecule has 3 rings (SSSR count). The molecule has 0 unspecified atom stereocenters. The van der Waals surface area contributed by atoms with Crippen LogP contribution in [-0.4, -0.2) is 16.5 Å². The topological polar surface area (TPSA) is 34.0 Å². The average molecular weight is 350 g/mol. The molecule has 0 atom stereocenters. The van der Waals surface area contributed by atoms with E-state index in [-0.39, 0.29) is 17.8 Å². The van der Waals surface area contributed by atoms with Crippen LogP contribution in [0.3, 0.4) is 0 Å². The SMILES string of the molecule is Cc1ccc(-n2c(-c3ccc(F)cc3)cc(C(=O)NC(C)C)c2C)cc1. The lowest BCUT2D eigenvalue weighted by atomic mass is 10.1. The number of rotatable bonds is 4. The van der Waals surface area contributed by atoms with Crippen LogP contribution < -0.4 is 5.32 Å². The Kier molecular flexibility index (Phi) is 4.94. The normalized spacial score (nSPS) is 11.0. The predicted octanol–water partition coefficient (Wildman–Crippen LogP) is 5.04. The highest BCUT2D eigenvalue weighted by molar-refractivity contribution is 5.97. The lowest BCUT2D eigenvalue weighted by Crippen LogP contribution is -2.30. The van der Waals surface area contributed by atoms with E-state index < -0.39 is 0 Å². The molecule has 0 spiro atoms. The van der Waals surface area contributed by atoms with Crippen LogP contribution in [0.1, 0.15) is 35.5 Å². The molecule has 1 N–H and O–H groups in total. The number of nitrogens with one attached hydrogen (secondary N) is 1. The second-order valence-corrected chi connectivity index (χ2v) is 6.83. The molecule has 0 aliphatic rings. The van der Waals surface area contributed by atoms with Crippen molar-refractivity contribution < 1.29 is 9.18 Å². The van der Waals surface area contributed by atoms with Crippen LogP contribution in [0.15, 0.2) is 54.6 Å². The quantitative estimate of drug-likeness (QED) is 0.703. The van der Waals surface area contributed by atoms with Crippen molar-refractivity contribution in [3.63, 3.8) is 0 Å². The van der Waals surface area contributed by atoms with E-state index >= 15 is 0 Å². The molecule has 4 heteroatoms. The van der Waals surface area contributed by atoms with Crippen LogP contribution in [0.2, 0.25) is 0 Å². The van der Waals surface area contributed by atoms with Gasteiger partial charge in [-0.1, -0.05) is 17.7 Å². The van der Waals surface area contributed by atoms with Gasteiger partial charge in [0.25, 0.3) is 5.91 Å². The molecule has 1 heterocycles. The number of hydrogen-bond acceptors (Lipinski definition) is 1. The number of halogens is 1. The molecule has 134 valence electrons. The predicted molar refractivity (Wildman–Crippen MR) is 103 cm³/mol. The number of carbonyl (C=O) groups is 1. The van der Waals surface area contributed by atoms with Crippen LogP contribution in [0.4, 0.5) is 4.39 Å². The maximum Gasteiger partial charge on any atom is 0.253 e. The highest BCUT2D eigenvalue weighted by atomic mass is 19.1. The van der Waals surface area contributed by atoms with Crippen LogP contribution >= 0.6 is 0 Å². The van der Waals surface area contributed by atoms with Gasteiger partial charge < -0.3 is 9.88 Å². The highest BCUT2D eigenvalue weighted by Gasteiger charge is 2.20. The molecule has 0 radical (unpaired) electrons. The fourth-order valence-corrected chi connectivity index (χ4v) is 3.04. The lowest BCUT2D eigenvalue weighted by Gasteiger charge is -2.13. The third-order valence-corrected chi connectivity index (χ3v) is 4.34. The van der Waals surface area contributed by atoms with E-state index in [4.69, 9.17) is 0 Å². The van der Waals surface area contributed by atoms with Crippen molar-refractivity contribution in [2.45, 2.75) is 33.7 Å². The number of nitrogens with zero attached hydrogens (tertiary/aromatic N) is 1. The summed E-state index contributed by atoms with van der Waals surface area (Å²) in [5, 5.41) is 2.95. The molecule has 0 aliphatic heterocycles. The molecule has 0 bridgehead atoms. The summed E-state index contributed by atoms with van der Waals surface area (Å²) in [6, 6.07) is 16.4. The van der Waals surface area contributed by atoms with Crippen molar-refractivity contribution in [3.8, 4) is 16.9 Å². The summed E-state index contributed by atoms with van der Waals surface area (Å²) < 4.78 is 15.4. The molecule has 3 nitrogen and oxygen atoms in total. The van der Waals surface area contributed by atoms with Crippen LogP contribution in [0.5, 0.6) is 0 Å². The fourth-order valence-electron chi connectivity index (χ4n) is 3.04. The van der Waals surface area contributed by atoms with E-state index in [1.807, 2.05) is 62.6 Å². The Hall–Kier alpha value is -2.88. The lowest BCUT2D eigenvalue weighted by molar-refractivity contribution is 0.0942. The second-order valence-electron chi connectivity index (χ2n) is 6.83. The highest BCUT2D eigenvalue weighted by Crippen LogP contribution is 2.30. The van der Waals surface area contributed by atoms with E-state index in [0.29, 0.717) is 5.56 Å². The van der Waals surface area contributed by atoms with Gasteiger partial charge in [-0.2, -0.15) is 0 Å². The minimum Gasteiger partial charge on any atom is -0.350 e. The van der Waals surface area contributed by atoms with Gasteiger partial charge in [-0.25, -0.2) is 4.39 Å². The van der Waals surface area contributed by atoms with Crippen molar-refractivity contribution in [2.24, 2.45) is 0 Å². The molecule has 0 saturated heterocycles. The van der Waals surface area contributed by atoms with E-state index in [0.717, 1.165) is 22.6 Å². The Morgan fingerprint density at radius 1 is 1.00 bits per heavy atom. The van der Waals surface area contributed by atoms with Crippen LogP contribution in [0, 0.1) is 19.7 Å². The maximum atomic E-state index is 13.4. The van der Waals surface area contributed by atoms with E-state index in [1.54, 1.807) is 12.1 Å². The summed E-state index contributed by atoms with van der Waals surface area (Å²) in [5.74, 6) is -0.386. The first kappa shape index (κ1) is 17.9.